The number of fused-ring (bicyclic) bond motifs is 1. The Morgan fingerprint density at radius 3 is 2.47 bits per heavy atom. The van der Waals surface area contributed by atoms with Gasteiger partial charge in [0.2, 0.25) is 11.8 Å². The fraction of sp³-hybridized carbons (Fsp3) is 0.520. The summed E-state index contributed by atoms with van der Waals surface area (Å²) in [5.41, 5.74) is 1.63. The number of rotatable bonds is 4. The summed E-state index contributed by atoms with van der Waals surface area (Å²) in [5.74, 6) is -0.794. The number of hydrogen-bond acceptors (Lipinski definition) is 6. The van der Waals surface area contributed by atoms with Crippen molar-refractivity contribution >= 4 is 34.5 Å². The van der Waals surface area contributed by atoms with E-state index in [0.717, 1.165) is 37.1 Å². The van der Waals surface area contributed by atoms with E-state index in [4.69, 9.17) is 4.74 Å². The van der Waals surface area contributed by atoms with E-state index in [-0.39, 0.29) is 29.9 Å². The number of ether oxygens (including phenoxy) is 1. The summed E-state index contributed by atoms with van der Waals surface area (Å²) in [6.07, 6.45) is 5.72. The minimum absolute atomic E-state index is 0.212. The number of benzene rings is 1. The minimum Gasteiger partial charge on any atom is -0.457 e. The molecule has 9 nitrogen and oxygen atoms in total. The van der Waals surface area contributed by atoms with Crippen molar-refractivity contribution in [3.63, 3.8) is 0 Å². The summed E-state index contributed by atoms with van der Waals surface area (Å²) in [5, 5.41) is 2.35. The monoisotopic (exact) mass is 468 g/mol. The molecule has 1 N–H and O–H groups in total. The van der Waals surface area contributed by atoms with E-state index in [2.05, 4.69) is 10.2 Å². The predicted octanol–water partition coefficient (Wildman–Crippen LogP) is 2.43. The van der Waals surface area contributed by atoms with Crippen LogP contribution in [0.5, 0.6) is 0 Å². The van der Waals surface area contributed by atoms with Gasteiger partial charge in [0.25, 0.3) is 0 Å². The maximum atomic E-state index is 13.1. The minimum atomic E-state index is -0.701. The second-order valence-corrected chi connectivity index (χ2v) is 10.0. The summed E-state index contributed by atoms with van der Waals surface area (Å²) < 4.78 is 8.44. The number of aryl methyl sites for hydroxylation is 1. The Morgan fingerprint density at radius 1 is 1.12 bits per heavy atom. The lowest BCUT2D eigenvalue weighted by Crippen LogP contribution is -2.44. The quantitative estimate of drug-likeness (QED) is 0.420. The average Bonchev–Trinajstić information content (AvgIpc) is 3.02. The second kappa shape index (κ2) is 9.12. The molecule has 4 rings (SSSR count). The molecule has 0 bridgehead atoms. The number of esters is 1. The molecule has 2 fully saturated rings. The van der Waals surface area contributed by atoms with Crippen molar-refractivity contribution in [3.8, 4) is 0 Å². The Kier molecular flexibility index (Phi) is 6.38. The Balaban J connectivity index is 1.54. The van der Waals surface area contributed by atoms with Crippen LogP contribution in [0.2, 0.25) is 0 Å². The number of nitrogens with zero attached hydrogens (tertiary/aromatic N) is 3. The summed E-state index contributed by atoms with van der Waals surface area (Å²) >= 11 is 0. The van der Waals surface area contributed by atoms with Gasteiger partial charge in [-0.3, -0.25) is 24.0 Å². The van der Waals surface area contributed by atoms with Crippen LogP contribution < -0.4 is 15.9 Å². The molecule has 2 amide bonds. The number of imidazole rings is 1. The van der Waals surface area contributed by atoms with Crippen LogP contribution in [0.15, 0.2) is 35.1 Å². The van der Waals surface area contributed by atoms with Crippen molar-refractivity contribution in [1.82, 2.24) is 14.5 Å². The highest BCUT2D eigenvalue weighted by atomic mass is 16.6. The average molecular weight is 469 g/mol. The number of allylic oxidation sites excluding steroid dienone is 1. The highest BCUT2D eigenvalue weighted by Crippen LogP contribution is 2.32. The first-order valence-electron chi connectivity index (χ1n) is 11.7. The second-order valence-electron chi connectivity index (χ2n) is 10.0. The molecule has 3 heterocycles. The van der Waals surface area contributed by atoms with E-state index in [1.165, 1.54) is 10.6 Å². The van der Waals surface area contributed by atoms with Gasteiger partial charge in [-0.1, -0.05) is 12.1 Å². The van der Waals surface area contributed by atoms with Gasteiger partial charge in [0.05, 0.1) is 16.7 Å². The van der Waals surface area contributed by atoms with Crippen molar-refractivity contribution in [1.29, 1.82) is 0 Å². The molecule has 1 aromatic carbocycles. The first kappa shape index (κ1) is 23.8. The Hall–Kier alpha value is -3.36. The molecule has 0 aliphatic carbocycles. The van der Waals surface area contributed by atoms with Crippen LogP contribution in [0.25, 0.3) is 11.0 Å². The van der Waals surface area contributed by atoms with Gasteiger partial charge < -0.3 is 9.64 Å². The summed E-state index contributed by atoms with van der Waals surface area (Å²) in [7, 11) is 1.72. The molecule has 1 atom stereocenters. The molecule has 2 aromatic rings. The molecule has 9 heteroatoms. The van der Waals surface area contributed by atoms with Gasteiger partial charge in [-0.15, -0.1) is 0 Å². The Bertz CT molecular complexity index is 1210. The maximum absolute atomic E-state index is 13.1. The number of carbonyl (C=O) groups is 3. The molecule has 1 aromatic heterocycles. The first-order chi connectivity index (χ1) is 16.0. The zero-order chi connectivity index (χ0) is 24.6. The lowest BCUT2D eigenvalue weighted by molar-refractivity contribution is -0.148. The highest BCUT2D eigenvalue weighted by Gasteiger charge is 2.32. The van der Waals surface area contributed by atoms with Crippen molar-refractivity contribution in [2.24, 2.45) is 13.0 Å². The number of carbonyl (C=O) groups excluding carboxylic acids is 3. The molecular weight excluding hydrogens is 436 g/mol. The number of amides is 2. The fourth-order valence-corrected chi connectivity index (χ4v) is 4.79. The van der Waals surface area contributed by atoms with E-state index < -0.39 is 17.6 Å². The summed E-state index contributed by atoms with van der Waals surface area (Å²) in [4.78, 5) is 51.4. The van der Waals surface area contributed by atoms with Crippen LogP contribution in [0.4, 0.5) is 5.69 Å². The van der Waals surface area contributed by atoms with E-state index in [1.54, 1.807) is 11.6 Å². The molecule has 0 radical (unpaired) electrons. The van der Waals surface area contributed by atoms with Gasteiger partial charge in [-0.05, 0) is 58.1 Å². The van der Waals surface area contributed by atoms with Crippen LogP contribution in [0.3, 0.4) is 0 Å². The third kappa shape index (κ3) is 4.78. The zero-order valence-corrected chi connectivity index (χ0v) is 20.2. The lowest BCUT2D eigenvalue weighted by atomic mass is 9.96. The molecule has 0 spiro atoms. The van der Waals surface area contributed by atoms with E-state index in [0.29, 0.717) is 11.9 Å². The van der Waals surface area contributed by atoms with Gasteiger partial charge >= 0.3 is 11.7 Å². The van der Waals surface area contributed by atoms with Crippen LogP contribution in [-0.2, 0) is 26.2 Å². The fourth-order valence-electron chi connectivity index (χ4n) is 4.79. The van der Waals surface area contributed by atoms with Crippen LogP contribution in [0.1, 0.15) is 52.5 Å². The Morgan fingerprint density at radius 2 is 1.82 bits per heavy atom. The van der Waals surface area contributed by atoms with E-state index in [1.807, 2.05) is 45.0 Å². The first-order valence-corrected chi connectivity index (χ1v) is 11.7. The Labute approximate surface area is 198 Å². The topological polar surface area (TPSA) is 103 Å². The number of para-hydroxylation sites is 1. The summed E-state index contributed by atoms with van der Waals surface area (Å²) in [6.45, 7) is 7.09. The number of hydrogen-bond donors (Lipinski definition) is 1. The third-order valence-corrected chi connectivity index (χ3v) is 6.39. The van der Waals surface area contributed by atoms with Gasteiger partial charge in [0.1, 0.15) is 11.6 Å². The molecule has 34 heavy (non-hydrogen) atoms. The smallest absolute Gasteiger partial charge is 0.330 e. The molecule has 2 aliphatic rings. The number of anilines is 1. The van der Waals surface area contributed by atoms with Crippen LogP contribution in [-0.4, -0.2) is 45.6 Å². The van der Waals surface area contributed by atoms with Crippen molar-refractivity contribution in [2.45, 2.75) is 58.1 Å². The van der Waals surface area contributed by atoms with Gasteiger partial charge in [0, 0.05) is 32.6 Å². The van der Waals surface area contributed by atoms with E-state index >= 15 is 0 Å². The van der Waals surface area contributed by atoms with Crippen LogP contribution >= 0.6 is 0 Å². The van der Waals surface area contributed by atoms with Crippen molar-refractivity contribution < 1.29 is 19.1 Å². The van der Waals surface area contributed by atoms with Gasteiger partial charge in [-0.2, -0.15) is 0 Å². The molecule has 2 aliphatic heterocycles. The lowest BCUT2D eigenvalue weighted by Gasteiger charge is -2.33. The predicted molar refractivity (Wildman–Crippen MR) is 129 cm³/mol. The number of aromatic nitrogens is 2. The number of imide groups is 1. The molecule has 1 unspecified atom stereocenters. The van der Waals surface area contributed by atoms with Crippen LogP contribution in [0, 0.1) is 5.92 Å². The standard InChI is InChI=1S/C25H32N4O5/c1-25(2,3)34-21(31)11-8-16-12-14-28(15-13-16)17-6-5-7-18-22(17)27(4)24(33)29(18)19-9-10-20(30)26-23(19)32/h5-8,11,16,19H,9-10,12-15H2,1-4H3,(H,26,30,32)/b11-8+. The molecule has 182 valence electrons. The SMILES string of the molecule is Cn1c(=O)n(C2CCC(=O)NC2=O)c2cccc(N3CCC(/C=C/C(=O)OC(C)(C)C)CC3)c21. The maximum Gasteiger partial charge on any atom is 0.330 e. The van der Waals surface area contributed by atoms with Crippen molar-refractivity contribution in [3.05, 3.63) is 40.8 Å². The summed E-state index contributed by atoms with van der Waals surface area (Å²) in [6, 6.07) is 5.04. The largest absolute Gasteiger partial charge is 0.457 e. The molecular formula is C25H32N4O5. The molecule has 0 saturated carbocycles. The van der Waals surface area contributed by atoms with E-state index in [9.17, 15) is 19.2 Å². The molecule has 2 saturated heterocycles. The number of piperidine rings is 2. The van der Waals surface area contributed by atoms with Crippen molar-refractivity contribution in [2.75, 3.05) is 18.0 Å². The highest BCUT2D eigenvalue weighted by molar-refractivity contribution is 6.00. The van der Waals surface area contributed by atoms with Gasteiger partial charge in [-0.25, -0.2) is 9.59 Å². The number of nitrogens with one attached hydrogen (secondary N) is 1. The van der Waals surface area contributed by atoms with Gasteiger partial charge in [0.15, 0.2) is 0 Å². The third-order valence-electron chi connectivity index (χ3n) is 6.39. The normalized spacial score (nSPS) is 20.2. The zero-order valence-electron chi connectivity index (χ0n) is 20.2.